The molecule has 1 aromatic carbocycles. The van der Waals surface area contributed by atoms with Gasteiger partial charge in [-0.05, 0) is 43.5 Å². The van der Waals surface area contributed by atoms with E-state index in [9.17, 15) is 8.42 Å². The van der Waals surface area contributed by atoms with Crippen molar-refractivity contribution in [1.29, 1.82) is 0 Å². The van der Waals surface area contributed by atoms with E-state index in [0.717, 1.165) is 68.6 Å². The summed E-state index contributed by atoms with van der Waals surface area (Å²) in [6, 6.07) is 9.40. The Morgan fingerprint density at radius 3 is 2.21 bits per heavy atom. The van der Waals surface area contributed by atoms with Gasteiger partial charge >= 0.3 is 0 Å². The van der Waals surface area contributed by atoms with Gasteiger partial charge in [0.2, 0.25) is 10.0 Å². The summed E-state index contributed by atoms with van der Waals surface area (Å²) in [6.45, 7) is 5.97. The second kappa shape index (κ2) is 9.29. The molecular formula is C24H32N4O4S. The van der Waals surface area contributed by atoms with Crippen LogP contribution in [0.3, 0.4) is 0 Å². The van der Waals surface area contributed by atoms with Crippen molar-refractivity contribution in [2.45, 2.75) is 56.1 Å². The van der Waals surface area contributed by atoms with Gasteiger partial charge in [0, 0.05) is 44.6 Å². The Bertz CT molecular complexity index is 1070. The number of hydrogen-bond acceptors (Lipinski definition) is 7. The number of piperidine rings is 1. The molecule has 9 heteroatoms. The summed E-state index contributed by atoms with van der Waals surface area (Å²) in [5.41, 5.74) is 2.19. The first-order chi connectivity index (χ1) is 16.0. The number of anilines is 1. The maximum absolute atomic E-state index is 13.4. The third-order valence-electron chi connectivity index (χ3n) is 6.98. The lowest BCUT2D eigenvalue weighted by molar-refractivity contribution is -0.169. The lowest BCUT2D eigenvalue weighted by Gasteiger charge is -2.37. The fourth-order valence-corrected chi connectivity index (χ4v) is 6.74. The average molecular weight is 473 g/mol. The Labute approximate surface area is 195 Å². The number of benzene rings is 1. The van der Waals surface area contributed by atoms with Gasteiger partial charge < -0.3 is 14.4 Å². The van der Waals surface area contributed by atoms with Gasteiger partial charge in [-0.1, -0.05) is 25.0 Å². The number of ether oxygens (including phenoxy) is 2. The number of sulfonamides is 1. The van der Waals surface area contributed by atoms with Gasteiger partial charge in [0.15, 0.2) is 11.6 Å². The van der Waals surface area contributed by atoms with E-state index in [1.165, 1.54) is 0 Å². The number of aromatic nitrogens is 2. The van der Waals surface area contributed by atoms with E-state index in [0.29, 0.717) is 36.9 Å². The fraction of sp³-hybridized carbons (Fsp3) is 0.583. The molecule has 5 rings (SSSR count). The van der Waals surface area contributed by atoms with Crippen molar-refractivity contribution in [2.75, 3.05) is 44.3 Å². The first kappa shape index (κ1) is 22.7. The average Bonchev–Trinajstić information content (AvgIpc) is 3.10. The number of rotatable bonds is 4. The predicted octanol–water partition coefficient (Wildman–Crippen LogP) is 3.36. The minimum atomic E-state index is -3.53. The number of aryl methyl sites for hydroxylation is 1. The van der Waals surface area contributed by atoms with Crippen molar-refractivity contribution in [1.82, 2.24) is 14.5 Å². The van der Waals surface area contributed by atoms with Gasteiger partial charge in [-0.25, -0.2) is 8.42 Å². The molecule has 0 unspecified atom stereocenters. The molecule has 0 atom stereocenters. The molecule has 0 aliphatic carbocycles. The van der Waals surface area contributed by atoms with Crippen molar-refractivity contribution < 1.29 is 17.9 Å². The standard InChI is InChI=1S/C24H32N4O4S/c1-19-6-7-20(18-22(19)33(29,30)28-12-4-2-3-5-13-28)21-8-9-23(26-25-21)27-14-10-24(11-15-27)31-16-17-32-24/h6-9,18H,2-5,10-17H2,1H3. The van der Waals surface area contributed by atoms with E-state index in [1.54, 1.807) is 10.4 Å². The molecular weight excluding hydrogens is 440 g/mol. The summed E-state index contributed by atoms with van der Waals surface area (Å²) in [5.74, 6) is 0.400. The topological polar surface area (TPSA) is 84.9 Å². The normalized spacial score (nSPS) is 21.9. The summed E-state index contributed by atoms with van der Waals surface area (Å²) in [4.78, 5) is 2.56. The maximum atomic E-state index is 13.4. The molecule has 3 saturated heterocycles. The van der Waals surface area contributed by atoms with Crippen LogP contribution in [-0.4, -0.2) is 68.1 Å². The second-order valence-electron chi connectivity index (χ2n) is 9.17. The Hall–Kier alpha value is -2.07. The molecule has 8 nitrogen and oxygen atoms in total. The van der Waals surface area contributed by atoms with Crippen LogP contribution in [0.1, 0.15) is 44.1 Å². The first-order valence-corrected chi connectivity index (χ1v) is 13.4. The highest BCUT2D eigenvalue weighted by Gasteiger charge is 2.40. The Morgan fingerprint density at radius 2 is 1.58 bits per heavy atom. The molecule has 1 aromatic heterocycles. The summed E-state index contributed by atoms with van der Waals surface area (Å²) in [5, 5.41) is 8.88. The van der Waals surface area contributed by atoms with Crippen LogP contribution in [0.5, 0.6) is 0 Å². The van der Waals surface area contributed by atoms with Crippen LogP contribution in [0.15, 0.2) is 35.2 Å². The molecule has 0 radical (unpaired) electrons. The van der Waals surface area contributed by atoms with Gasteiger partial charge in [0.25, 0.3) is 0 Å². The van der Waals surface area contributed by atoms with E-state index < -0.39 is 15.8 Å². The minimum Gasteiger partial charge on any atom is -0.355 e. The molecule has 0 bridgehead atoms. The van der Waals surface area contributed by atoms with Crippen LogP contribution in [-0.2, 0) is 19.5 Å². The van der Waals surface area contributed by atoms with Crippen molar-refractivity contribution in [3.63, 3.8) is 0 Å². The Morgan fingerprint density at radius 1 is 0.879 bits per heavy atom. The quantitative estimate of drug-likeness (QED) is 0.675. The van der Waals surface area contributed by atoms with E-state index in [2.05, 4.69) is 15.1 Å². The van der Waals surface area contributed by atoms with E-state index in [-0.39, 0.29) is 0 Å². The molecule has 3 aliphatic heterocycles. The van der Waals surface area contributed by atoms with Crippen LogP contribution >= 0.6 is 0 Å². The zero-order chi connectivity index (χ0) is 22.9. The molecule has 3 aliphatic rings. The molecule has 0 saturated carbocycles. The number of hydrogen-bond donors (Lipinski definition) is 0. The van der Waals surface area contributed by atoms with E-state index >= 15 is 0 Å². The zero-order valence-electron chi connectivity index (χ0n) is 19.2. The third-order valence-corrected chi connectivity index (χ3v) is 9.02. The molecule has 4 heterocycles. The third kappa shape index (κ3) is 4.64. The van der Waals surface area contributed by atoms with Crippen LogP contribution < -0.4 is 4.90 Å². The van der Waals surface area contributed by atoms with Crippen LogP contribution in [0.2, 0.25) is 0 Å². The lowest BCUT2D eigenvalue weighted by atomic mass is 10.0. The SMILES string of the molecule is Cc1ccc(-c2ccc(N3CCC4(CC3)OCCO4)nn2)cc1S(=O)(=O)N1CCCCCC1. The highest BCUT2D eigenvalue weighted by Crippen LogP contribution is 2.33. The van der Waals surface area contributed by atoms with E-state index in [4.69, 9.17) is 9.47 Å². The molecule has 1 spiro atoms. The minimum absolute atomic E-state index is 0.366. The monoisotopic (exact) mass is 472 g/mol. The van der Waals surface area contributed by atoms with Crippen molar-refractivity contribution in [2.24, 2.45) is 0 Å². The molecule has 33 heavy (non-hydrogen) atoms. The predicted molar refractivity (Wildman–Crippen MR) is 126 cm³/mol. The van der Waals surface area contributed by atoms with Gasteiger partial charge in [0.1, 0.15) is 0 Å². The van der Waals surface area contributed by atoms with Gasteiger partial charge in [-0.3, -0.25) is 0 Å². The zero-order valence-corrected chi connectivity index (χ0v) is 20.0. The second-order valence-corrected chi connectivity index (χ2v) is 11.1. The van der Waals surface area contributed by atoms with Crippen molar-refractivity contribution in [3.8, 4) is 11.3 Å². The summed E-state index contributed by atoms with van der Waals surface area (Å²) in [6.07, 6.45) is 5.63. The van der Waals surface area contributed by atoms with Crippen LogP contribution in [0, 0.1) is 6.92 Å². The molecule has 178 valence electrons. The highest BCUT2D eigenvalue weighted by atomic mass is 32.2. The highest BCUT2D eigenvalue weighted by molar-refractivity contribution is 7.89. The van der Waals surface area contributed by atoms with Crippen molar-refractivity contribution >= 4 is 15.8 Å². The van der Waals surface area contributed by atoms with Crippen LogP contribution in [0.25, 0.3) is 11.3 Å². The molecule has 3 fully saturated rings. The summed E-state index contributed by atoms with van der Waals surface area (Å²) in [7, 11) is -3.53. The van der Waals surface area contributed by atoms with Gasteiger partial charge in [-0.15, -0.1) is 10.2 Å². The summed E-state index contributed by atoms with van der Waals surface area (Å²) < 4.78 is 40.0. The molecule has 0 amide bonds. The van der Waals surface area contributed by atoms with E-state index in [1.807, 2.05) is 31.2 Å². The smallest absolute Gasteiger partial charge is 0.243 e. The van der Waals surface area contributed by atoms with Crippen LogP contribution in [0.4, 0.5) is 5.82 Å². The Balaban J connectivity index is 1.33. The maximum Gasteiger partial charge on any atom is 0.243 e. The first-order valence-electron chi connectivity index (χ1n) is 11.9. The lowest BCUT2D eigenvalue weighted by Crippen LogP contribution is -2.45. The summed E-state index contributed by atoms with van der Waals surface area (Å²) >= 11 is 0. The molecule has 2 aromatic rings. The largest absolute Gasteiger partial charge is 0.355 e. The Kier molecular flexibility index (Phi) is 6.39. The fourth-order valence-electron chi connectivity index (χ4n) is 4.97. The van der Waals surface area contributed by atoms with Crippen molar-refractivity contribution in [3.05, 3.63) is 35.9 Å². The van der Waals surface area contributed by atoms with Gasteiger partial charge in [0.05, 0.1) is 23.8 Å². The number of nitrogens with zero attached hydrogens (tertiary/aromatic N) is 4. The van der Waals surface area contributed by atoms with Gasteiger partial charge in [-0.2, -0.15) is 4.31 Å². The molecule has 0 N–H and O–H groups in total.